The van der Waals surface area contributed by atoms with Gasteiger partial charge in [-0.05, 0) is 29.8 Å². The quantitative estimate of drug-likeness (QED) is 0.623. The maximum Gasteiger partial charge on any atom is 0.419 e. The van der Waals surface area contributed by atoms with Crippen molar-refractivity contribution in [1.29, 1.82) is 0 Å². The molecule has 0 radical (unpaired) electrons. The summed E-state index contributed by atoms with van der Waals surface area (Å²) in [6.45, 7) is 0.995. The van der Waals surface area contributed by atoms with Crippen molar-refractivity contribution in [2.24, 2.45) is 0 Å². The lowest BCUT2D eigenvalue weighted by Gasteiger charge is -2.25. The molecule has 0 unspecified atom stereocenters. The highest BCUT2D eigenvalue weighted by atomic mass is 35.5. The fourth-order valence-corrected chi connectivity index (χ4v) is 3.13. The Morgan fingerprint density at radius 1 is 1.04 bits per heavy atom. The van der Waals surface area contributed by atoms with Crippen LogP contribution in [-0.4, -0.2) is 12.8 Å². The minimum atomic E-state index is -4.75. The summed E-state index contributed by atoms with van der Waals surface area (Å²) >= 11 is 5.67. The second kappa shape index (κ2) is 6.95. The summed E-state index contributed by atoms with van der Waals surface area (Å²) in [5.74, 6) is 0.162. The number of halogens is 4. The third-order valence-corrected chi connectivity index (χ3v) is 4.17. The Morgan fingerprint density at radius 3 is 2.13 bits per heavy atom. The smallest absolute Gasteiger partial charge is 0.419 e. The molecular weight excluding hydrogens is 352 g/mol. The highest BCUT2D eigenvalue weighted by Crippen LogP contribution is 2.52. The Bertz CT molecular complexity index is 689. The Balaban J connectivity index is 2.23. The van der Waals surface area contributed by atoms with E-state index in [1.807, 2.05) is 0 Å². The first-order chi connectivity index (χ1) is 10.7. The zero-order valence-corrected chi connectivity index (χ0v) is 13.6. The molecule has 2 aromatic rings. The fourth-order valence-electron chi connectivity index (χ4n) is 1.83. The Morgan fingerprint density at radius 2 is 1.61 bits per heavy atom. The van der Waals surface area contributed by atoms with Gasteiger partial charge < -0.3 is 4.52 Å². The Kier molecular flexibility index (Phi) is 5.40. The number of hydrogen-bond donors (Lipinski definition) is 0. The first-order valence-electron chi connectivity index (χ1n) is 6.50. The topological polar surface area (TPSA) is 35.5 Å². The molecule has 0 bridgehead atoms. The van der Waals surface area contributed by atoms with E-state index in [4.69, 9.17) is 20.6 Å². The predicted octanol–water partition coefficient (Wildman–Crippen LogP) is 5.86. The standard InChI is InChI=1S/C15H13ClF3O3P/c1-23(20,21-13-5-3-2-4-6-13)22-14(15(17,18)19)11-7-9-12(16)10-8-11/h2-10,14H,1H3/t14-,23-/m0/s1. The van der Waals surface area contributed by atoms with Crippen LogP contribution in [0.2, 0.25) is 5.02 Å². The Hall–Kier alpha value is -1.49. The summed E-state index contributed by atoms with van der Waals surface area (Å²) in [5, 5.41) is 0.287. The lowest BCUT2D eigenvalue weighted by molar-refractivity contribution is -0.199. The SMILES string of the molecule is C[P@](=O)(Oc1ccccc1)O[C@@H](c1ccc(Cl)cc1)C(F)(F)F. The first-order valence-corrected chi connectivity index (χ1v) is 8.87. The third-order valence-electron chi connectivity index (χ3n) is 2.78. The Labute approximate surface area is 136 Å². The normalized spacial score (nSPS) is 15.7. The van der Waals surface area contributed by atoms with Crippen molar-refractivity contribution in [2.75, 3.05) is 6.66 Å². The highest BCUT2D eigenvalue weighted by Gasteiger charge is 2.45. The van der Waals surface area contributed by atoms with E-state index in [-0.39, 0.29) is 16.3 Å². The van der Waals surface area contributed by atoms with Crippen LogP contribution in [-0.2, 0) is 9.09 Å². The molecule has 0 aromatic heterocycles. The van der Waals surface area contributed by atoms with Crippen LogP contribution in [0.5, 0.6) is 5.75 Å². The van der Waals surface area contributed by atoms with Crippen LogP contribution in [0.3, 0.4) is 0 Å². The van der Waals surface area contributed by atoms with Crippen LogP contribution in [0.15, 0.2) is 54.6 Å². The molecular formula is C15H13ClF3O3P. The molecule has 0 heterocycles. The number of rotatable bonds is 5. The molecule has 124 valence electrons. The molecule has 2 aromatic carbocycles. The van der Waals surface area contributed by atoms with Crippen LogP contribution < -0.4 is 4.52 Å². The van der Waals surface area contributed by atoms with Crippen LogP contribution in [0, 0.1) is 0 Å². The minimum Gasteiger partial charge on any atom is -0.425 e. The average Bonchev–Trinajstić information content (AvgIpc) is 2.45. The molecule has 0 aliphatic carbocycles. The largest absolute Gasteiger partial charge is 0.425 e. The molecule has 0 aliphatic heterocycles. The molecule has 8 heteroatoms. The van der Waals surface area contributed by atoms with Gasteiger partial charge in [-0.2, -0.15) is 13.2 Å². The molecule has 0 aliphatic rings. The average molecular weight is 365 g/mol. The zero-order chi connectivity index (χ0) is 17.1. The van der Waals surface area contributed by atoms with E-state index in [1.165, 1.54) is 36.4 Å². The van der Waals surface area contributed by atoms with Gasteiger partial charge in [-0.25, -0.2) is 4.57 Å². The summed E-state index contributed by atoms with van der Waals surface area (Å²) in [5.41, 5.74) is -0.208. The fraction of sp³-hybridized carbons (Fsp3) is 0.200. The molecule has 0 N–H and O–H groups in total. The number of benzene rings is 2. The van der Waals surface area contributed by atoms with E-state index in [9.17, 15) is 17.7 Å². The van der Waals surface area contributed by atoms with Crippen molar-refractivity contribution >= 4 is 19.2 Å². The lowest BCUT2D eigenvalue weighted by atomic mass is 10.1. The molecule has 0 saturated carbocycles. The maximum absolute atomic E-state index is 13.2. The van der Waals surface area contributed by atoms with Gasteiger partial charge in [0, 0.05) is 11.7 Å². The molecule has 2 rings (SSSR count). The van der Waals surface area contributed by atoms with E-state index in [0.29, 0.717) is 0 Å². The molecule has 0 saturated heterocycles. The molecule has 2 atom stereocenters. The number of para-hydroxylation sites is 1. The predicted molar refractivity (Wildman–Crippen MR) is 81.9 cm³/mol. The second-order valence-corrected chi connectivity index (χ2v) is 7.13. The van der Waals surface area contributed by atoms with Crippen molar-refractivity contribution in [3.8, 4) is 5.75 Å². The van der Waals surface area contributed by atoms with Gasteiger partial charge in [0.05, 0.1) is 0 Å². The van der Waals surface area contributed by atoms with E-state index < -0.39 is 19.9 Å². The van der Waals surface area contributed by atoms with Crippen molar-refractivity contribution in [1.82, 2.24) is 0 Å². The van der Waals surface area contributed by atoms with Gasteiger partial charge in [0.2, 0.25) is 0 Å². The summed E-state index contributed by atoms with van der Waals surface area (Å²) < 4.78 is 61.9. The second-order valence-electron chi connectivity index (χ2n) is 4.75. The molecule has 23 heavy (non-hydrogen) atoms. The molecule has 0 amide bonds. The molecule has 0 spiro atoms. The summed E-state index contributed by atoms with van der Waals surface area (Å²) in [6.07, 6.45) is -7.13. The van der Waals surface area contributed by atoms with Gasteiger partial charge in [-0.15, -0.1) is 0 Å². The van der Waals surface area contributed by atoms with Crippen LogP contribution in [0.4, 0.5) is 13.2 Å². The van der Waals surface area contributed by atoms with E-state index in [2.05, 4.69) is 0 Å². The van der Waals surface area contributed by atoms with Gasteiger partial charge in [0.25, 0.3) is 0 Å². The van der Waals surface area contributed by atoms with Gasteiger partial charge in [0.1, 0.15) is 5.75 Å². The molecule has 3 nitrogen and oxygen atoms in total. The first kappa shape index (κ1) is 17.9. The van der Waals surface area contributed by atoms with E-state index >= 15 is 0 Å². The van der Waals surface area contributed by atoms with Crippen molar-refractivity contribution in [3.63, 3.8) is 0 Å². The highest BCUT2D eigenvalue weighted by molar-refractivity contribution is 7.53. The van der Waals surface area contributed by atoms with Gasteiger partial charge in [-0.3, -0.25) is 4.52 Å². The number of alkyl halides is 3. The summed E-state index contributed by atoms with van der Waals surface area (Å²) in [7, 11) is -4.00. The van der Waals surface area contributed by atoms with Crippen LogP contribution >= 0.6 is 19.2 Å². The molecule has 0 fully saturated rings. The summed E-state index contributed by atoms with van der Waals surface area (Å²) in [4.78, 5) is 0. The van der Waals surface area contributed by atoms with Crippen molar-refractivity contribution < 1.29 is 26.8 Å². The van der Waals surface area contributed by atoms with Gasteiger partial charge >= 0.3 is 13.8 Å². The van der Waals surface area contributed by atoms with Gasteiger partial charge in [-0.1, -0.05) is 41.9 Å². The van der Waals surface area contributed by atoms with Crippen molar-refractivity contribution in [3.05, 3.63) is 65.2 Å². The third kappa shape index (κ3) is 5.27. The van der Waals surface area contributed by atoms with Crippen LogP contribution in [0.25, 0.3) is 0 Å². The van der Waals surface area contributed by atoms with Crippen molar-refractivity contribution in [2.45, 2.75) is 12.3 Å². The van der Waals surface area contributed by atoms with Gasteiger partial charge in [0.15, 0.2) is 6.10 Å². The maximum atomic E-state index is 13.2. The minimum absolute atomic E-state index is 0.162. The summed E-state index contributed by atoms with van der Waals surface area (Å²) in [6, 6.07) is 12.8. The van der Waals surface area contributed by atoms with E-state index in [1.54, 1.807) is 18.2 Å². The number of hydrogen-bond acceptors (Lipinski definition) is 3. The van der Waals surface area contributed by atoms with Crippen LogP contribution in [0.1, 0.15) is 11.7 Å². The lowest BCUT2D eigenvalue weighted by Crippen LogP contribution is -2.23. The van der Waals surface area contributed by atoms with E-state index in [0.717, 1.165) is 6.66 Å². The zero-order valence-electron chi connectivity index (χ0n) is 12.0. The monoisotopic (exact) mass is 364 g/mol.